The molecule has 1 aliphatic heterocycles. The van der Waals surface area contributed by atoms with E-state index in [-0.39, 0.29) is 5.91 Å². The van der Waals surface area contributed by atoms with Crippen LogP contribution < -0.4 is 10.6 Å². The number of hydrogen-bond donors (Lipinski definition) is 2. The first-order valence-corrected chi connectivity index (χ1v) is 7.87. The number of carbonyl (C=O) groups excluding carboxylic acids is 1. The second kappa shape index (κ2) is 5.98. The summed E-state index contributed by atoms with van der Waals surface area (Å²) in [6.07, 6.45) is 3.60. The van der Waals surface area contributed by atoms with Crippen LogP contribution in [0.25, 0.3) is 0 Å². The van der Waals surface area contributed by atoms with Gasteiger partial charge in [-0.05, 0) is 32.4 Å². The molecule has 1 aliphatic carbocycles. The van der Waals surface area contributed by atoms with Crippen LogP contribution in [-0.4, -0.2) is 48.5 Å². The number of amides is 1. The maximum absolute atomic E-state index is 12.0. The Bertz CT molecular complexity index is 436. The molecule has 0 atom stereocenters. The number of rotatable bonds is 4. The van der Waals surface area contributed by atoms with Crippen LogP contribution in [0.15, 0.2) is 5.38 Å². The molecule has 0 unspecified atom stereocenters. The van der Waals surface area contributed by atoms with Crippen molar-refractivity contribution in [3.8, 4) is 0 Å². The predicted molar refractivity (Wildman–Crippen MR) is 76.6 cm³/mol. The Labute approximate surface area is 117 Å². The van der Waals surface area contributed by atoms with E-state index < -0.39 is 0 Å². The first kappa shape index (κ1) is 13.0. The van der Waals surface area contributed by atoms with Crippen LogP contribution >= 0.6 is 11.3 Å². The molecule has 1 aromatic heterocycles. The molecule has 0 spiro atoms. The molecule has 1 saturated heterocycles. The van der Waals surface area contributed by atoms with Gasteiger partial charge in [0.05, 0.1) is 12.2 Å². The fourth-order valence-corrected chi connectivity index (χ4v) is 3.14. The van der Waals surface area contributed by atoms with Gasteiger partial charge in [0.1, 0.15) is 0 Å². The Kier molecular flexibility index (Phi) is 4.10. The van der Waals surface area contributed by atoms with Crippen molar-refractivity contribution in [3.05, 3.63) is 11.1 Å². The maximum Gasteiger partial charge on any atom is 0.240 e. The zero-order valence-electron chi connectivity index (χ0n) is 11.0. The molecule has 2 N–H and O–H groups in total. The van der Waals surface area contributed by atoms with E-state index in [1.54, 1.807) is 0 Å². The van der Waals surface area contributed by atoms with Crippen LogP contribution in [-0.2, 0) is 4.79 Å². The van der Waals surface area contributed by atoms with Crippen molar-refractivity contribution in [1.29, 1.82) is 0 Å². The third-order valence-corrected chi connectivity index (χ3v) is 4.34. The van der Waals surface area contributed by atoms with Crippen LogP contribution in [0.4, 0.5) is 5.13 Å². The summed E-state index contributed by atoms with van der Waals surface area (Å²) in [4.78, 5) is 18.7. The summed E-state index contributed by atoms with van der Waals surface area (Å²) >= 11 is 1.54. The molecular weight excluding hydrogens is 260 g/mol. The van der Waals surface area contributed by atoms with Gasteiger partial charge in [-0.25, -0.2) is 4.98 Å². The molecule has 0 aromatic carbocycles. The lowest BCUT2D eigenvalue weighted by atomic mass is 10.3. The fraction of sp³-hybridized carbons (Fsp3) is 0.692. The van der Waals surface area contributed by atoms with Gasteiger partial charge in [0.25, 0.3) is 0 Å². The lowest BCUT2D eigenvalue weighted by molar-refractivity contribution is -0.117. The molecule has 0 bridgehead atoms. The highest BCUT2D eigenvalue weighted by molar-refractivity contribution is 7.13. The predicted octanol–water partition coefficient (Wildman–Crippen LogP) is 1.25. The van der Waals surface area contributed by atoms with Gasteiger partial charge in [-0.2, -0.15) is 0 Å². The normalized spacial score (nSPS) is 21.1. The average Bonchev–Trinajstić information content (AvgIpc) is 3.17. The quantitative estimate of drug-likeness (QED) is 0.871. The molecule has 1 aromatic rings. The number of hydrogen-bond acceptors (Lipinski definition) is 5. The molecule has 3 rings (SSSR count). The number of nitrogens with one attached hydrogen (secondary N) is 2. The zero-order chi connectivity index (χ0) is 13.1. The number of anilines is 1. The Morgan fingerprint density at radius 2 is 2.37 bits per heavy atom. The van der Waals surface area contributed by atoms with Crippen LogP contribution in [0.2, 0.25) is 0 Å². The van der Waals surface area contributed by atoms with E-state index in [1.165, 1.54) is 24.2 Å². The summed E-state index contributed by atoms with van der Waals surface area (Å²) in [5.74, 6) is 0.706. The molecule has 1 amide bonds. The lowest BCUT2D eigenvalue weighted by Crippen LogP contribution is -2.35. The molecule has 6 heteroatoms. The molecule has 2 fully saturated rings. The topological polar surface area (TPSA) is 57.3 Å². The molecule has 104 valence electrons. The van der Waals surface area contributed by atoms with Crippen molar-refractivity contribution in [1.82, 2.24) is 15.2 Å². The van der Waals surface area contributed by atoms with E-state index in [9.17, 15) is 4.79 Å². The summed E-state index contributed by atoms with van der Waals surface area (Å²) < 4.78 is 0. The second-order valence-corrected chi connectivity index (χ2v) is 6.14. The molecule has 19 heavy (non-hydrogen) atoms. The van der Waals surface area contributed by atoms with E-state index in [2.05, 4.69) is 25.9 Å². The number of thiazole rings is 1. The highest BCUT2D eigenvalue weighted by Gasteiger charge is 2.26. The van der Waals surface area contributed by atoms with Gasteiger partial charge >= 0.3 is 0 Å². The van der Waals surface area contributed by atoms with E-state index in [0.29, 0.717) is 12.5 Å². The van der Waals surface area contributed by atoms with Gasteiger partial charge in [-0.1, -0.05) is 0 Å². The van der Waals surface area contributed by atoms with Crippen LogP contribution in [0.5, 0.6) is 0 Å². The minimum Gasteiger partial charge on any atom is -0.315 e. The number of nitrogens with zero attached hydrogens (tertiary/aromatic N) is 2. The Balaban J connectivity index is 1.49. The zero-order valence-corrected chi connectivity index (χ0v) is 11.8. The summed E-state index contributed by atoms with van der Waals surface area (Å²) in [7, 11) is 0. The fourth-order valence-electron chi connectivity index (χ4n) is 2.33. The molecule has 0 radical (unpaired) electrons. The van der Waals surface area contributed by atoms with Crippen molar-refractivity contribution in [3.63, 3.8) is 0 Å². The van der Waals surface area contributed by atoms with Gasteiger partial charge in [0, 0.05) is 24.4 Å². The number of carbonyl (C=O) groups is 1. The van der Waals surface area contributed by atoms with Crippen LogP contribution in [0, 0.1) is 0 Å². The van der Waals surface area contributed by atoms with Crippen molar-refractivity contribution in [2.75, 3.05) is 38.0 Å². The van der Waals surface area contributed by atoms with Gasteiger partial charge < -0.3 is 10.6 Å². The van der Waals surface area contributed by atoms with Gasteiger partial charge in [0.2, 0.25) is 5.91 Å². The number of aromatic nitrogens is 1. The molecule has 5 nitrogen and oxygen atoms in total. The molecular formula is C13H20N4OS. The standard InChI is InChI=1S/C13H20N4OS/c18-12(8-17-6-1-4-14-5-7-17)16-13-15-11(9-19-13)10-2-3-10/h9-10,14H,1-8H2,(H,15,16,18). The Hall–Kier alpha value is -0.980. The van der Waals surface area contributed by atoms with Gasteiger partial charge in [-0.15, -0.1) is 11.3 Å². The van der Waals surface area contributed by atoms with E-state index in [0.717, 1.165) is 43.4 Å². The monoisotopic (exact) mass is 280 g/mol. The van der Waals surface area contributed by atoms with Crippen LogP contribution in [0.1, 0.15) is 30.9 Å². The Morgan fingerprint density at radius 1 is 1.47 bits per heavy atom. The third kappa shape index (κ3) is 3.75. The van der Waals surface area contributed by atoms with Gasteiger partial charge in [0.15, 0.2) is 5.13 Å². The van der Waals surface area contributed by atoms with E-state index in [4.69, 9.17) is 0 Å². The SMILES string of the molecule is O=C(CN1CCCNCC1)Nc1nc(C2CC2)cs1. The molecule has 2 aliphatic rings. The maximum atomic E-state index is 12.0. The molecule has 1 saturated carbocycles. The average molecular weight is 280 g/mol. The van der Waals surface area contributed by atoms with Crippen molar-refractivity contribution < 1.29 is 4.79 Å². The summed E-state index contributed by atoms with van der Waals surface area (Å²) in [5.41, 5.74) is 1.15. The first-order valence-electron chi connectivity index (χ1n) is 6.99. The molecule has 2 heterocycles. The third-order valence-electron chi connectivity index (χ3n) is 3.56. The van der Waals surface area contributed by atoms with Crippen molar-refractivity contribution in [2.24, 2.45) is 0 Å². The lowest BCUT2D eigenvalue weighted by Gasteiger charge is -2.17. The summed E-state index contributed by atoms with van der Waals surface area (Å²) in [6, 6.07) is 0. The second-order valence-electron chi connectivity index (χ2n) is 5.28. The highest BCUT2D eigenvalue weighted by atomic mass is 32.1. The Morgan fingerprint density at radius 3 is 3.21 bits per heavy atom. The van der Waals surface area contributed by atoms with Crippen molar-refractivity contribution in [2.45, 2.75) is 25.2 Å². The largest absolute Gasteiger partial charge is 0.315 e. The van der Waals surface area contributed by atoms with E-state index >= 15 is 0 Å². The van der Waals surface area contributed by atoms with Crippen LogP contribution in [0.3, 0.4) is 0 Å². The first-order chi connectivity index (χ1) is 9.31. The minimum absolute atomic E-state index is 0.0543. The summed E-state index contributed by atoms with van der Waals surface area (Å²) in [5, 5.41) is 9.08. The van der Waals surface area contributed by atoms with E-state index in [1.807, 2.05) is 0 Å². The van der Waals surface area contributed by atoms with Gasteiger partial charge in [-0.3, -0.25) is 9.69 Å². The highest BCUT2D eigenvalue weighted by Crippen LogP contribution is 2.40. The van der Waals surface area contributed by atoms with Crippen molar-refractivity contribution >= 4 is 22.4 Å². The summed E-state index contributed by atoms with van der Waals surface area (Å²) in [6.45, 7) is 4.43. The minimum atomic E-state index is 0.0543. The smallest absolute Gasteiger partial charge is 0.240 e.